The first-order chi connectivity index (χ1) is 8.54. The van der Waals surface area contributed by atoms with E-state index in [1.54, 1.807) is 0 Å². The van der Waals surface area contributed by atoms with E-state index in [4.69, 9.17) is 4.74 Å². The summed E-state index contributed by atoms with van der Waals surface area (Å²) >= 11 is 1.88. The van der Waals surface area contributed by atoms with Crippen molar-refractivity contribution < 1.29 is 4.74 Å². The second-order valence-corrected chi connectivity index (χ2v) is 7.08. The number of nitrogens with zero attached hydrogens (tertiary/aromatic N) is 1. The van der Waals surface area contributed by atoms with Gasteiger partial charge in [0, 0.05) is 29.3 Å². The van der Waals surface area contributed by atoms with Gasteiger partial charge in [-0.05, 0) is 32.0 Å². The summed E-state index contributed by atoms with van der Waals surface area (Å²) in [6, 6.07) is 9.08. The van der Waals surface area contributed by atoms with Crippen LogP contribution in [0.1, 0.15) is 27.7 Å². The average Bonchev–Trinajstić information content (AvgIpc) is 2.21. The first kappa shape index (κ1) is 13.8. The van der Waals surface area contributed by atoms with E-state index in [0.29, 0.717) is 17.4 Å². The summed E-state index contributed by atoms with van der Waals surface area (Å²) in [7, 11) is 0. The Kier molecular flexibility index (Phi) is 4.57. The molecule has 0 unspecified atom stereocenters. The van der Waals surface area contributed by atoms with Crippen LogP contribution in [0.4, 0.5) is 0 Å². The fraction of sp³-hybridized carbons (Fsp3) is 0.600. The lowest BCUT2D eigenvalue weighted by atomic mass is 10.1. The van der Waals surface area contributed by atoms with Gasteiger partial charge in [-0.15, -0.1) is 11.8 Å². The molecule has 3 heteroatoms. The molecule has 0 N–H and O–H groups in total. The van der Waals surface area contributed by atoms with E-state index < -0.39 is 0 Å². The smallest absolute Gasteiger partial charge is 0.124 e. The molecule has 0 aromatic heterocycles. The highest BCUT2D eigenvalue weighted by Gasteiger charge is 2.29. The molecule has 18 heavy (non-hydrogen) atoms. The molecular weight excluding hydrogens is 242 g/mol. The number of thioether (sulfide) groups is 1. The van der Waals surface area contributed by atoms with E-state index in [1.807, 2.05) is 11.8 Å². The third-order valence-electron chi connectivity index (χ3n) is 3.09. The zero-order chi connectivity index (χ0) is 13.1. The zero-order valence-corrected chi connectivity index (χ0v) is 12.5. The lowest BCUT2D eigenvalue weighted by Gasteiger charge is -2.41. The largest absolute Gasteiger partial charge is 0.488 e. The molecular formula is C15H23NOS. The molecule has 0 atom stereocenters. The van der Waals surface area contributed by atoms with Gasteiger partial charge in [-0.1, -0.05) is 19.9 Å². The fourth-order valence-corrected chi connectivity index (χ4v) is 2.94. The van der Waals surface area contributed by atoms with Gasteiger partial charge in [-0.3, -0.25) is 4.90 Å². The maximum atomic E-state index is 6.00. The van der Waals surface area contributed by atoms with Crippen molar-refractivity contribution in [2.45, 2.75) is 50.0 Å². The lowest BCUT2D eigenvalue weighted by molar-refractivity contribution is 0.0000432. The quantitative estimate of drug-likeness (QED) is 0.754. The Morgan fingerprint density at radius 1 is 1.22 bits per heavy atom. The van der Waals surface area contributed by atoms with Crippen molar-refractivity contribution in [1.82, 2.24) is 4.90 Å². The minimum absolute atomic E-state index is 0.367. The molecule has 1 saturated heterocycles. The van der Waals surface area contributed by atoms with Crippen molar-refractivity contribution in [2.24, 2.45) is 0 Å². The number of benzene rings is 1. The summed E-state index contributed by atoms with van der Waals surface area (Å²) < 4.78 is 6.00. The summed E-state index contributed by atoms with van der Waals surface area (Å²) in [6.45, 7) is 11.0. The van der Waals surface area contributed by atoms with Crippen LogP contribution in [0.3, 0.4) is 0 Å². The number of likely N-dealkylation sites (tertiary alicyclic amines) is 1. The molecule has 0 amide bonds. The van der Waals surface area contributed by atoms with Crippen molar-refractivity contribution in [2.75, 3.05) is 13.1 Å². The predicted octanol–water partition coefficient (Wildman–Crippen LogP) is 3.66. The monoisotopic (exact) mass is 265 g/mol. The molecule has 1 aliphatic rings. The van der Waals surface area contributed by atoms with Gasteiger partial charge in [-0.2, -0.15) is 0 Å². The number of ether oxygens (including phenoxy) is 1. The fourth-order valence-electron chi connectivity index (χ4n) is 2.05. The third kappa shape index (κ3) is 3.66. The number of hydrogen-bond acceptors (Lipinski definition) is 3. The minimum atomic E-state index is 0.367. The second-order valence-electron chi connectivity index (χ2n) is 5.43. The van der Waals surface area contributed by atoms with Crippen molar-refractivity contribution in [3.8, 4) is 5.75 Å². The predicted molar refractivity (Wildman–Crippen MR) is 78.6 cm³/mol. The molecule has 0 saturated carbocycles. The normalized spacial score (nSPS) is 17.2. The van der Waals surface area contributed by atoms with Crippen LogP contribution in [-0.4, -0.2) is 35.4 Å². The molecule has 0 aliphatic carbocycles. The van der Waals surface area contributed by atoms with Crippen molar-refractivity contribution >= 4 is 11.8 Å². The maximum absolute atomic E-state index is 6.00. The van der Waals surface area contributed by atoms with Gasteiger partial charge in [0.25, 0.3) is 0 Å². The summed E-state index contributed by atoms with van der Waals surface area (Å²) in [5, 5.41) is 0.611. The molecule has 1 aromatic rings. The van der Waals surface area contributed by atoms with Gasteiger partial charge in [0.05, 0.1) is 0 Å². The summed E-state index contributed by atoms with van der Waals surface area (Å²) in [4.78, 5) is 3.72. The molecule has 0 radical (unpaired) electrons. The Hall–Kier alpha value is -0.670. The Balaban J connectivity index is 1.87. The van der Waals surface area contributed by atoms with E-state index in [0.717, 1.165) is 18.8 Å². The summed E-state index contributed by atoms with van der Waals surface area (Å²) in [5.41, 5.74) is 0. The van der Waals surface area contributed by atoms with Gasteiger partial charge in [0.2, 0.25) is 0 Å². The van der Waals surface area contributed by atoms with Crippen molar-refractivity contribution in [1.29, 1.82) is 0 Å². The second kappa shape index (κ2) is 5.98. The van der Waals surface area contributed by atoms with E-state index in [1.165, 1.54) is 4.90 Å². The highest BCUT2D eigenvalue weighted by atomic mass is 32.2. The van der Waals surface area contributed by atoms with E-state index in [9.17, 15) is 0 Å². The SMILES string of the molecule is CC(C)Sc1cccc(OC2CN(C(C)C)C2)c1. The maximum Gasteiger partial charge on any atom is 0.124 e. The molecule has 2 rings (SSSR count). The third-order valence-corrected chi connectivity index (χ3v) is 4.08. The van der Waals surface area contributed by atoms with Gasteiger partial charge in [0.1, 0.15) is 11.9 Å². The first-order valence-corrected chi connectivity index (χ1v) is 7.60. The van der Waals surface area contributed by atoms with Gasteiger partial charge in [-0.25, -0.2) is 0 Å². The van der Waals surface area contributed by atoms with Crippen LogP contribution >= 0.6 is 11.8 Å². The van der Waals surface area contributed by atoms with Crippen molar-refractivity contribution in [3.63, 3.8) is 0 Å². The molecule has 2 nitrogen and oxygen atoms in total. The molecule has 100 valence electrons. The molecule has 1 aromatic carbocycles. The van der Waals surface area contributed by atoms with Gasteiger partial charge >= 0.3 is 0 Å². The Bertz CT molecular complexity index is 386. The molecule has 1 fully saturated rings. The van der Waals surface area contributed by atoms with Gasteiger partial charge in [0.15, 0.2) is 0 Å². The minimum Gasteiger partial charge on any atom is -0.488 e. The molecule has 1 heterocycles. The van der Waals surface area contributed by atoms with Crippen LogP contribution in [0.2, 0.25) is 0 Å². The van der Waals surface area contributed by atoms with Gasteiger partial charge < -0.3 is 4.74 Å². The standard InChI is InChI=1S/C15H23NOS/c1-11(2)16-9-14(10-16)17-13-6-5-7-15(8-13)18-12(3)4/h5-8,11-12,14H,9-10H2,1-4H3. The highest BCUT2D eigenvalue weighted by molar-refractivity contribution is 7.99. The highest BCUT2D eigenvalue weighted by Crippen LogP contribution is 2.27. The van der Waals surface area contributed by atoms with Crippen LogP contribution in [0.15, 0.2) is 29.2 Å². The van der Waals surface area contributed by atoms with Crippen LogP contribution in [0.5, 0.6) is 5.75 Å². The van der Waals surface area contributed by atoms with Crippen LogP contribution in [0, 0.1) is 0 Å². The van der Waals surface area contributed by atoms with E-state index in [-0.39, 0.29) is 0 Å². The summed E-state index contributed by atoms with van der Waals surface area (Å²) in [6.07, 6.45) is 0.367. The average molecular weight is 265 g/mol. The van der Waals surface area contributed by atoms with Crippen molar-refractivity contribution in [3.05, 3.63) is 24.3 Å². The van der Waals surface area contributed by atoms with Crippen LogP contribution < -0.4 is 4.74 Å². The zero-order valence-electron chi connectivity index (χ0n) is 11.7. The molecule has 0 spiro atoms. The molecule has 0 bridgehead atoms. The van der Waals surface area contributed by atoms with Crippen LogP contribution in [0.25, 0.3) is 0 Å². The lowest BCUT2D eigenvalue weighted by Crippen LogP contribution is -2.56. The van der Waals surface area contributed by atoms with Crippen LogP contribution in [-0.2, 0) is 0 Å². The number of rotatable bonds is 5. The number of hydrogen-bond donors (Lipinski definition) is 0. The Labute approximate surface area is 115 Å². The van der Waals surface area contributed by atoms with E-state index >= 15 is 0 Å². The summed E-state index contributed by atoms with van der Waals surface area (Å²) in [5.74, 6) is 1.01. The molecule has 1 aliphatic heterocycles. The topological polar surface area (TPSA) is 12.5 Å². The Morgan fingerprint density at radius 3 is 2.56 bits per heavy atom. The Morgan fingerprint density at radius 2 is 1.94 bits per heavy atom. The first-order valence-electron chi connectivity index (χ1n) is 6.72. The van der Waals surface area contributed by atoms with E-state index in [2.05, 4.69) is 56.9 Å².